The third kappa shape index (κ3) is 5.32. The van der Waals surface area contributed by atoms with Crippen LogP contribution in [0.1, 0.15) is 32.3 Å². The van der Waals surface area contributed by atoms with Crippen molar-refractivity contribution >= 4 is 5.97 Å². The number of benzene rings is 1. The van der Waals surface area contributed by atoms with Crippen molar-refractivity contribution < 1.29 is 9.53 Å². The van der Waals surface area contributed by atoms with Crippen LogP contribution in [0.5, 0.6) is 0 Å². The largest absolute Gasteiger partial charge is 0.464 e. The van der Waals surface area contributed by atoms with Crippen molar-refractivity contribution in [3.05, 3.63) is 35.9 Å². The lowest BCUT2D eigenvalue weighted by atomic mass is 10.1. The number of esters is 1. The van der Waals surface area contributed by atoms with Crippen LogP contribution in [0.25, 0.3) is 0 Å². The van der Waals surface area contributed by atoms with E-state index in [1.54, 1.807) is 0 Å². The maximum atomic E-state index is 11.7. The molecular formula is C15H23NO2. The van der Waals surface area contributed by atoms with Crippen molar-refractivity contribution in [1.29, 1.82) is 0 Å². The first-order valence-electron chi connectivity index (χ1n) is 6.59. The molecule has 0 aromatic heterocycles. The Morgan fingerprint density at radius 3 is 2.61 bits per heavy atom. The van der Waals surface area contributed by atoms with E-state index in [0.29, 0.717) is 18.9 Å². The minimum absolute atomic E-state index is 0.304. The van der Waals surface area contributed by atoms with E-state index in [1.807, 2.05) is 30.3 Å². The molecule has 18 heavy (non-hydrogen) atoms. The highest BCUT2D eigenvalue weighted by Gasteiger charge is 2.16. The maximum absolute atomic E-state index is 11.7. The van der Waals surface area contributed by atoms with Crippen molar-refractivity contribution in [2.45, 2.75) is 39.2 Å². The first-order valence-corrected chi connectivity index (χ1v) is 6.59. The lowest BCUT2D eigenvalue weighted by Crippen LogP contribution is -2.35. The molecule has 0 aliphatic carbocycles. The summed E-state index contributed by atoms with van der Waals surface area (Å²) in [5.74, 6) is 0.102. The fourth-order valence-electron chi connectivity index (χ4n) is 1.86. The number of ether oxygens (including phenoxy) is 1. The number of carbonyl (C=O) groups is 1. The maximum Gasteiger partial charge on any atom is 0.323 e. The SMILES string of the molecule is CCCC(C)COC(=O)[C@@H](N)Cc1ccccc1. The molecule has 1 unspecified atom stereocenters. The van der Waals surface area contributed by atoms with Gasteiger partial charge in [-0.05, 0) is 24.3 Å². The van der Waals surface area contributed by atoms with Crippen molar-refractivity contribution in [3.8, 4) is 0 Å². The number of hydrogen-bond donors (Lipinski definition) is 1. The Balaban J connectivity index is 2.33. The van der Waals surface area contributed by atoms with Crippen LogP contribution in [0.15, 0.2) is 30.3 Å². The highest BCUT2D eigenvalue weighted by Crippen LogP contribution is 2.07. The average molecular weight is 249 g/mol. The minimum Gasteiger partial charge on any atom is -0.464 e. The molecule has 1 aromatic carbocycles. The van der Waals surface area contributed by atoms with Gasteiger partial charge in [0.05, 0.1) is 6.61 Å². The molecule has 3 nitrogen and oxygen atoms in total. The summed E-state index contributed by atoms with van der Waals surface area (Å²) in [6.07, 6.45) is 2.71. The molecule has 2 N–H and O–H groups in total. The van der Waals surface area contributed by atoms with E-state index in [2.05, 4.69) is 13.8 Å². The molecule has 100 valence electrons. The summed E-state index contributed by atoms with van der Waals surface area (Å²) in [6, 6.07) is 9.19. The molecule has 0 aliphatic heterocycles. The zero-order valence-electron chi connectivity index (χ0n) is 11.3. The summed E-state index contributed by atoms with van der Waals surface area (Å²) in [7, 11) is 0. The van der Waals surface area contributed by atoms with Crippen molar-refractivity contribution in [2.24, 2.45) is 11.7 Å². The first kappa shape index (κ1) is 14.7. The van der Waals surface area contributed by atoms with Crippen LogP contribution in [-0.2, 0) is 16.0 Å². The van der Waals surface area contributed by atoms with Gasteiger partial charge in [0.15, 0.2) is 0 Å². The topological polar surface area (TPSA) is 52.3 Å². The van der Waals surface area contributed by atoms with Crippen LogP contribution < -0.4 is 5.73 Å². The van der Waals surface area contributed by atoms with Crippen LogP contribution in [0.2, 0.25) is 0 Å². The van der Waals surface area contributed by atoms with Crippen molar-refractivity contribution in [1.82, 2.24) is 0 Å². The summed E-state index contributed by atoms with van der Waals surface area (Å²) >= 11 is 0. The molecule has 0 saturated carbocycles. The Bertz CT molecular complexity index is 351. The standard InChI is InChI=1S/C15H23NO2/c1-3-7-12(2)11-18-15(17)14(16)10-13-8-5-4-6-9-13/h4-6,8-9,12,14H,3,7,10-11,16H2,1-2H3/t12?,14-/m0/s1. The van der Waals surface area contributed by atoms with E-state index in [0.717, 1.165) is 18.4 Å². The van der Waals surface area contributed by atoms with Crippen LogP contribution in [-0.4, -0.2) is 18.6 Å². The molecule has 0 amide bonds. The summed E-state index contributed by atoms with van der Waals surface area (Å²) in [4.78, 5) is 11.7. The van der Waals surface area contributed by atoms with Gasteiger partial charge in [0.2, 0.25) is 0 Å². The second-order valence-electron chi connectivity index (χ2n) is 4.82. The number of nitrogens with two attached hydrogens (primary N) is 1. The van der Waals surface area contributed by atoms with Gasteiger partial charge < -0.3 is 10.5 Å². The molecule has 0 heterocycles. The van der Waals surface area contributed by atoms with Gasteiger partial charge in [-0.1, -0.05) is 50.6 Å². The Hall–Kier alpha value is -1.35. The fraction of sp³-hybridized carbons (Fsp3) is 0.533. The van der Waals surface area contributed by atoms with E-state index >= 15 is 0 Å². The van der Waals surface area contributed by atoms with Gasteiger partial charge in [-0.2, -0.15) is 0 Å². The Labute approximate surface area is 109 Å². The Morgan fingerprint density at radius 2 is 2.00 bits per heavy atom. The van der Waals surface area contributed by atoms with E-state index in [4.69, 9.17) is 10.5 Å². The second-order valence-corrected chi connectivity index (χ2v) is 4.82. The highest BCUT2D eigenvalue weighted by atomic mass is 16.5. The van der Waals surface area contributed by atoms with Gasteiger partial charge in [-0.25, -0.2) is 0 Å². The van der Waals surface area contributed by atoms with Crippen LogP contribution >= 0.6 is 0 Å². The van der Waals surface area contributed by atoms with E-state index in [9.17, 15) is 4.79 Å². The van der Waals surface area contributed by atoms with Crippen molar-refractivity contribution in [3.63, 3.8) is 0 Å². The monoisotopic (exact) mass is 249 g/mol. The highest BCUT2D eigenvalue weighted by molar-refractivity contribution is 5.75. The summed E-state index contributed by atoms with van der Waals surface area (Å²) in [5.41, 5.74) is 6.89. The number of hydrogen-bond acceptors (Lipinski definition) is 3. The van der Waals surface area contributed by atoms with Gasteiger partial charge in [-0.3, -0.25) is 4.79 Å². The van der Waals surface area contributed by atoms with Crippen LogP contribution in [0.4, 0.5) is 0 Å². The van der Waals surface area contributed by atoms with Gasteiger partial charge >= 0.3 is 5.97 Å². The van der Waals surface area contributed by atoms with Gasteiger partial charge in [-0.15, -0.1) is 0 Å². The third-order valence-corrected chi connectivity index (χ3v) is 2.89. The number of carbonyl (C=O) groups excluding carboxylic acids is 1. The molecule has 2 atom stereocenters. The normalized spacial score (nSPS) is 13.9. The van der Waals surface area contributed by atoms with Crippen LogP contribution in [0.3, 0.4) is 0 Å². The van der Waals surface area contributed by atoms with Gasteiger partial charge in [0, 0.05) is 0 Å². The lowest BCUT2D eigenvalue weighted by molar-refractivity contribution is -0.146. The quantitative estimate of drug-likeness (QED) is 0.755. The molecule has 0 aliphatic rings. The second kappa shape index (κ2) is 7.88. The molecule has 1 aromatic rings. The lowest BCUT2D eigenvalue weighted by Gasteiger charge is -2.14. The molecule has 0 saturated heterocycles. The first-order chi connectivity index (χ1) is 8.63. The van der Waals surface area contributed by atoms with Gasteiger partial charge in [0.1, 0.15) is 6.04 Å². The molecule has 0 radical (unpaired) electrons. The van der Waals surface area contributed by atoms with E-state index < -0.39 is 6.04 Å². The summed E-state index contributed by atoms with van der Waals surface area (Å²) in [5, 5.41) is 0. The molecule has 0 spiro atoms. The third-order valence-electron chi connectivity index (χ3n) is 2.89. The van der Waals surface area contributed by atoms with E-state index in [-0.39, 0.29) is 5.97 Å². The summed E-state index contributed by atoms with van der Waals surface area (Å²) < 4.78 is 5.23. The molecule has 1 rings (SSSR count). The van der Waals surface area contributed by atoms with Gasteiger partial charge in [0.25, 0.3) is 0 Å². The predicted octanol–water partition coefficient (Wildman–Crippen LogP) is 2.54. The van der Waals surface area contributed by atoms with Crippen molar-refractivity contribution in [2.75, 3.05) is 6.61 Å². The number of rotatable bonds is 7. The molecule has 0 fully saturated rings. The zero-order chi connectivity index (χ0) is 13.4. The Morgan fingerprint density at radius 1 is 1.33 bits per heavy atom. The Kier molecular flexibility index (Phi) is 6.44. The van der Waals surface area contributed by atoms with Crippen LogP contribution in [0, 0.1) is 5.92 Å². The molecular weight excluding hydrogens is 226 g/mol. The average Bonchev–Trinajstić information content (AvgIpc) is 2.37. The van der Waals surface area contributed by atoms with E-state index in [1.165, 1.54) is 0 Å². The summed E-state index contributed by atoms with van der Waals surface area (Å²) in [6.45, 7) is 4.67. The fourth-order valence-corrected chi connectivity index (χ4v) is 1.86. The minimum atomic E-state index is -0.568. The molecule has 3 heteroatoms. The predicted molar refractivity (Wildman–Crippen MR) is 73.2 cm³/mol. The molecule has 0 bridgehead atoms. The smallest absolute Gasteiger partial charge is 0.323 e. The zero-order valence-corrected chi connectivity index (χ0v) is 11.3.